The highest BCUT2D eigenvalue weighted by molar-refractivity contribution is 7.91. The number of furan rings is 1. The minimum atomic E-state index is -3.40. The number of halogens is 1. The molecule has 1 amide bonds. The second kappa shape index (κ2) is 6.51. The van der Waals surface area contributed by atoms with Crippen molar-refractivity contribution in [2.45, 2.75) is 17.4 Å². The first-order chi connectivity index (χ1) is 12.4. The molecule has 4 rings (SSSR count). The van der Waals surface area contributed by atoms with Gasteiger partial charge in [0.1, 0.15) is 17.3 Å². The van der Waals surface area contributed by atoms with Gasteiger partial charge in [0.15, 0.2) is 9.84 Å². The minimum Gasteiger partial charge on any atom is -0.468 e. The van der Waals surface area contributed by atoms with Gasteiger partial charge in [-0.05, 0) is 48.2 Å². The molecule has 5 nitrogen and oxygen atoms in total. The summed E-state index contributed by atoms with van der Waals surface area (Å²) < 4.78 is 44.4. The maximum Gasteiger partial charge on any atom is 0.264 e. The average molecular weight is 393 g/mol. The van der Waals surface area contributed by atoms with Gasteiger partial charge >= 0.3 is 0 Å². The summed E-state index contributed by atoms with van der Waals surface area (Å²) in [6.45, 7) is 0.563. The number of carbonyl (C=O) groups is 1. The lowest BCUT2D eigenvalue weighted by molar-refractivity contribution is 0.0798. The molecule has 0 spiro atoms. The van der Waals surface area contributed by atoms with Crippen LogP contribution in [0.5, 0.6) is 0 Å². The van der Waals surface area contributed by atoms with Crippen LogP contribution in [0.2, 0.25) is 0 Å². The molecule has 26 heavy (non-hydrogen) atoms. The van der Waals surface area contributed by atoms with Crippen LogP contribution in [0.15, 0.2) is 47.1 Å². The Balaban J connectivity index is 1.49. The first-order valence-electron chi connectivity index (χ1n) is 8.15. The zero-order chi connectivity index (χ0) is 18.3. The fourth-order valence-corrected chi connectivity index (χ4v) is 5.87. The normalized spacial score (nSPS) is 17.9. The van der Waals surface area contributed by atoms with E-state index in [9.17, 15) is 17.6 Å². The topological polar surface area (TPSA) is 67.6 Å². The fourth-order valence-electron chi connectivity index (χ4n) is 3.19. The highest BCUT2D eigenvalue weighted by atomic mass is 32.2. The molecule has 0 radical (unpaired) electrons. The van der Waals surface area contributed by atoms with Crippen molar-refractivity contribution in [2.24, 2.45) is 0 Å². The molecule has 1 fully saturated rings. The van der Waals surface area contributed by atoms with Crippen LogP contribution >= 0.6 is 11.3 Å². The van der Waals surface area contributed by atoms with Gasteiger partial charge < -0.3 is 9.32 Å². The predicted molar refractivity (Wildman–Crippen MR) is 97.4 cm³/mol. The van der Waals surface area contributed by atoms with E-state index in [1.54, 1.807) is 29.2 Å². The van der Waals surface area contributed by atoms with Gasteiger partial charge in [-0.1, -0.05) is 0 Å². The summed E-state index contributed by atoms with van der Waals surface area (Å²) in [5.41, 5.74) is 0. The first kappa shape index (κ1) is 17.2. The van der Waals surface area contributed by atoms with E-state index in [-0.39, 0.29) is 24.0 Å². The van der Waals surface area contributed by atoms with E-state index in [2.05, 4.69) is 0 Å². The highest BCUT2D eigenvalue weighted by Gasteiger charge is 2.36. The number of benzene rings is 1. The molecule has 0 unspecified atom stereocenters. The molecule has 1 saturated heterocycles. The van der Waals surface area contributed by atoms with E-state index in [0.29, 0.717) is 29.0 Å². The van der Waals surface area contributed by atoms with E-state index in [4.69, 9.17) is 4.42 Å². The van der Waals surface area contributed by atoms with E-state index < -0.39 is 15.1 Å². The summed E-state index contributed by atoms with van der Waals surface area (Å²) in [4.78, 5) is 14.8. The molecule has 1 aromatic carbocycles. The van der Waals surface area contributed by atoms with E-state index in [1.807, 2.05) is 0 Å². The van der Waals surface area contributed by atoms with Crippen molar-refractivity contribution in [1.29, 1.82) is 0 Å². The molecule has 136 valence electrons. The molecule has 0 N–H and O–H groups in total. The van der Waals surface area contributed by atoms with Crippen molar-refractivity contribution in [3.63, 3.8) is 0 Å². The van der Waals surface area contributed by atoms with Crippen LogP contribution in [0.25, 0.3) is 10.1 Å². The molecule has 3 aromatic rings. The van der Waals surface area contributed by atoms with Crippen molar-refractivity contribution in [2.75, 3.05) is 13.1 Å². The molecule has 3 heterocycles. The van der Waals surface area contributed by atoms with Gasteiger partial charge in [-0.15, -0.1) is 11.3 Å². The van der Waals surface area contributed by atoms with Crippen LogP contribution in [0.1, 0.15) is 21.9 Å². The Morgan fingerprint density at radius 3 is 2.92 bits per heavy atom. The molecule has 1 aliphatic rings. The zero-order valence-corrected chi connectivity index (χ0v) is 15.4. The third kappa shape index (κ3) is 3.26. The van der Waals surface area contributed by atoms with Gasteiger partial charge in [0.05, 0.1) is 16.4 Å². The summed E-state index contributed by atoms with van der Waals surface area (Å²) >= 11 is 1.29. The Hall–Kier alpha value is -2.19. The standard InChI is InChI=1S/C18H16FNO4S2/c19-13-3-4-16-12(8-13)9-17(25-16)18(21)20-6-5-15(10-20)26(22,23)11-14-2-1-7-24-14/h1-4,7-9,15H,5-6,10-11H2/t15-/m0/s1. The highest BCUT2D eigenvalue weighted by Crippen LogP contribution is 2.29. The molecule has 8 heteroatoms. The van der Waals surface area contributed by atoms with Crippen LogP contribution in [-0.2, 0) is 15.6 Å². The van der Waals surface area contributed by atoms with Gasteiger partial charge in [-0.3, -0.25) is 4.79 Å². The van der Waals surface area contributed by atoms with Crippen LogP contribution in [0.4, 0.5) is 4.39 Å². The molecule has 0 saturated carbocycles. The number of rotatable bonds is 4. The Morgan fingerprint density at radius 2 is 2.15 bits per heavy atom. The van der Waals surface area contributed by atoms with Gasteiger partial charge in [-0.25, -0.2) is 12.8 Å². The van der Waals surface area contributed by atoms with Crippen LogP contribution < -0.4 is 0 Å². The predicted octanol–water partition coefficient (Wildman–Crippen LogP) is 3.46. The minimum absolute atomic E-state index is 0.158. The third-order valence-electron chi connectivity index (χ3n) is 4.55. The molecule has 2 aromatic heterocycles. The molecular weight excluding hydrogens is 377 g/mol. The van der Waals surface area contributed by atoms with Crippen LogP contribution in [0, 0.1) is 5.82 Å². The van der Waals surface area contributed by atoms with E-state index in [0.717, 1.165) is 4.70 Å². The van der Waals surface area contributed by atoms with E-state index >= 15 is 0 Å². The van der Waals surface area contributed by atoms with E-state index in [1.165, 1.54) is 29.7 Å². The number of carbonyl (C=O) groups excluding carboxylic acids is 1. The lowest BCUT2D eigenvalue weighted by Crippen LogP contribution is -2.31. The second-order valence-electron chi connectivity index (χ2n) is 6.34. The summed E-state index contributed by atoms with van der Waals surface area (Å²) in [5.74, 6) is -0.308. The van der Waals surface area contributed by atoms with Crippen molar-refractivity contribution in [1.82, 2.24) is 4.90 Å². The summed E-state index contributed by atoms with van der Waals surface area (Å²) in [6.07, 6.45) is 1.86. The SMILES string of the molecule is O=C(c1cc2cc(F)ccc2s1)N1CC[C@H](S(=O)(=O)Cc2ccco2)C1. The number of hydrogen-bond acceptors (Lipinski definition) is 5. The number of likely N-dealkylation sites (tertiary alicyclic amines) is 1. The summed E-state index contributed by atoms with van der Waals surface area (Å²) in [6, 6.07) is 9.34. The molecule has 0 bridgehead atoms. The second-order valence-corrected chi connectivity index (χ2v) is 9.71. The number of thiophene rings is 1. The smallest absolute Gasteiger partial charge is 0.264 e. The van der Waals surface area contributed by atoms with Crippen molar-refractivity contribution in [3.8, 4) is 0 Å². The lowest BCUT2D eigenvalue weighted by atomic mass is 10.2. The number of hydrogen-bond donors (Lipinski definition) is 0. The monoisotopic (exact) mass is 393 g/mol. The number of nitrogens with zero attached hydrogens (tertiary/aromatic N) is 1. The van der Waals surface area contributed by atoms with Gasteiger partial charge in [0.2, 0.25) is 0 Å². The lowest BCUT2D eigenvalue weighted by Gasteiger charge is -2.15. The Kier molecular flexibility index (Phi) is 4.32. The van der Waals surface area contributed by atoms with Crippen molar-refractivity contribution < 1.29 is 22.0 Å². The number of sulfone groups is 1. The molecule has 0 aliphatic carbocycles. The van der Waals surface area contributed by atoms with Crippen LogP contribution in [-0.4, -0.2) is 37.6 Å². The fraction of sp³-hybridized carbons (Fsp3) is 0.278. The zero-order valence-electron chi connectivity index (χ0n) is 13.7. The largest absolute Gasteiger partial charge is 0.468 e. The van der Waals surface area contributed by atoms with Gasteiger partial charge in [0, 0.05) is 17.8 Å². The Morgan fingerprint density at radius 1 is 1.31 bits per heavy atom. The summed E-state index contributed by atoms with van der Waals surface area (Å²) in [7, 11) is -3.40. The molecular formula is C18H16FNO4S2. The molecule has 1 atom stereocenters. The number of amides is 1. The maximum atomic E-state index is 13.3. The molecule has 1 aliphatic heterocycles. The van der Waals surface area contributed by atoms with Crippen molar-refractivity contribution >= 4 is 37.2 Å². The van der Waals surface area contributed by atoms with Gasteiger partial charge in [-0.2, -0.15) is 0 Å². The summed E-state index contributed by atoms with van der Waals surface area (Å²) in [5, 5.41) is 0.0860. The van der Waals surface area contributed by atoms with Crippen molar-refractivity contribution in [3.05, 3.63) is 59.1 Å². The third-order valence-corrected chi connectivity index (χ3v) is 7.74. The number of fused-ring (bicyclic) bond motifs is 1. The maximum absolute atomic E-state index is 13.3. The Bertz CT molecular complexity index is 1060. The van der Waals surface area contributed by atoms with Crippen LogP contribution in [0.3, 0.4) is 0 Å². The average Bonchev–Trinajstić information content (AvgIpc) is 3.33. The first-order valence-corrected chi connectivity index (χ1v) is 10.7. The quantitative estimate of drug-likeness (QED) is 0.681. The van der Waals surface area contributed by atoms with Gasteiger partial charge in [0.25, 0.3) is 5.91 Å². The Labute approximate surface area is 154 Å².